The van der Waals surface area contributed by atoms with Gasteiger partial charge in [0.15, 0.2) is 0 Å². The van der Waals surface area contributed by atoms with E-state index in [1.54, 1.807) is 13.8 Å². The van der Waals surface area contributed by atoms with Gasteiger partial charge in [0, 0.05) is 33.0 Å². The van der Waals surface area contributed by atoms with Crippen LogP contribution in [0.1, 0.15) is 25.0 Å². The van der Waals surface area contributed by atoms with Crippen LogP contribution in [0.4, 0.5) is 11.4 Å². The summed E-state index contributed by atoms with van der Waals surface area (Å²) in [4.78, 5) is 20.2. The third-order valence-electron chi connectivity index (χ3n) is 5.31. The van der Waals surface area contributed by atoms with Gasteiger partial charge in [-0.2, -0.15) is 0 Å². The number of carbonyl (C=O) groups excluding carboxylic acids is 1. The Hall–Kier alpha value is -3.56. The number of hydrogen-bond donors (Lipinski definition) is 0. The molecule has 0 heterocycles. The number of hydrogen-bond acceptors (Lipinski definition) is 4. The number of aliphatic imine (C=N–C) groups is 2. The fourth-order valence-electron chi connectivity index (χ4n) is 3.72. The second kappa shape index (κ2) is 12.8. The molecule has 0 fully saturated rings. The van der Waals surface area contributed by atoms with E-state index < -0.39 is 0 Å². The normalized spacial score (nSPS) is 13.6. The van der Waals surface area contributed by atoms with Gasteiger partial charge in [0.1, 0.15) is 0 Å². The van der Waals surface area contributed by atoms with E-state index in [0.717, 1.165) is 33.9 Å². The Morgan fingerprint density at radius 2 is 1.11 bits per heavy atom. The summed E-state index contributed by atoms with van der Waals surface area (Å²) in [5.41, 5.74) is 6.05. The first-order valence-corrected chi connectivity index (χ1v) is 11.0. The van der Waals surface area contributed by atoms with Crippen LogP contribution in [0.25, 0.3) is 10.8 Å². The molecule has 5 rings (SSSR count). The zero-order chi connectivity index (χ0) is 23.2. The molecule has 0 aromatic heterocycles. The van der Waals surface area contributed by atoms with Crippen molar-refractivity contribution in [2.75, 3.05) is 7.11 Å². The number of benzene rings is 4. The van der Waals surface area contributed by atoms with E-state index in [4.69, 9.17) is 9.98 Å². The molecule has 0 spiro atoms. The van der Waals surface area contributed by atoms with E-state index in [-0.39, 0.29) is 35.8 Å². The molecule has 0 unspecified atom stereocenters. The fraction of sp³-hybridized carbons (Fsp3) is 0.133. The van der Waals surface area contributed by atoms with Crippen molar-refractivity contribution < 1.29 is 26.0 Å². The number of carbonyl (C=O) groups is 1. The molecule has 35 heavy (non-hydrogen) atoms. The predicted molar refractivity (Wildman–Crippen MR) is 142 cm³/mol. The molecule has 0 bridgehead atoms. The standard InChI is InChI=1S/C24H16N2.C5H10O2.CH3.Ni/c1-3-11-18(12-4-1)25-23-20-15-7-9-17-10-8-16-21(22(17)20)24(23)26-19-13-5-2-6-14-19;1-4(2)5(6)7-3;;/h1-16H;4H,1-3H3;1H3;/q;;-1;. The van der Waals surface area contributed by atoms with Crippen LogP contribution in [0.3, 0.4) is 0 Å². The van der Waals surface area contributed by atoms with Crippen molar-refractivity contribution in [3.05, 3.63) is 116 Å². The van der Waals surface area contributed by atoms with E-state index in [1.807, 2.05) is 60.7 Å². The van der Waals surface area contributed by atoms with Crippen molar-refractivity contribution in [3.63, 3.8) is 0 Å². The molecule has 0 radical (unpaired) electrons. The van der Waals surface area contributed by atoms with Gasteiger partial charge < -0.3 is 12.2 Å². The van der Waals surface area contributed by atoms with E-state index in [9.17, 15) is 4.79 Å². The molecular weight excluding hydrogens is 479 g/mol. The van der Waals surface area contributed by atoms with Gasteiger partial charge in [-0.25, -0.2) is 9.98 Å². The smallest absolute Gasteiger partial charge is 0.308 e. The monoisotopic (exact) mass is 507 g/mol. The van der Waals surface area contributed by atoms with Gasteiger partial charge in [-0.05, 0) is 29.7 Å². The predicted octanol–water partition coefficient (Wildman–Crippen LogP) is 7.36. The minimum absolute atomic E-state index is 0. The first-order valence-electron chi connectivity index (χ1n) is 11.0. The van der Waals surface area contributed by atoms with Crippen LogP contribution in [0.2, 0.25) is 0 Å². The average molecular weight is 508 g/mol. The fourth-order valence-corrected chi connectivity index (χ4v) is 3.72. The van der Waals surface area contributed by atoms with Gasteiger partial charge in [-0.1, -0.05) is 86.6 Å². The number of para-hydroxylation sites is 2. The van der Waals surface area contributed by atoms with Crippen LogP contribution in [0.5, 0.6) is 0 Å². The zero-order valence-electron chi connectivity index (χ0n) is 20.3. The Morgan fingerprint density at radius 3 is 1.46 bits per heavy atom. The molecule has 1 aliphatic carbocycles. The number of ether oxygens (including phenoxy) is 1. The van der Waals surface area contributed by atoms with Gasteiger partial charge in [-0.3, -0.25) is 4.79 Å². The van der Waals surface area contributed by atoms with Crippen molar-refractivity contribution in [1.29, 1.82) is 0 Å². The van der Waals surface area contributed by atoms with Crippen molar-refractivity contribution >= 4 is 39.5 Å². The maximum atomic E-state index is 10.3. The van der Waals surface area contributed by atoms with Gasteiger partial charge in [-0.15, -0.1) is 0 Å². The molecule has 182 valence electrons. The van der Waals surface area contributed by atoms with Gasteiger partial charge in [0.05, 0.1) is 35.8 Å². The molecule has 1 aliphatic rings. The number of esters is 1. The largest absolute Gasteiger partial charge is 0.469 e. The summed E-state index contributed by atoms with van der Waals surface area (Å²) in [6, 6.07) is 32.9. The van der Waals surface area contributed by atoms with Crippen LogP contribution < -0.4 is 0 Å². The van der Waals surface area contributed by atoms with Gasteiger partial charge in [0.2, 0.25) is 0 Å². The Bertz CT molecular complexity index is 1240. The second-order valence-electron chi connectivity index (χ2n) is 7.98. The summed E-state index contributed by atoms with van der Waals surface area (Å²) in [5.74, 6) is -0.148. The molecule has 0 saturated carbocycles. The van der Waals surface area contributed by atoms with Crippen molar-refractivity contribution in [2.24, 2.45) is 15.9 Å². The zero-order valence-corrected chi connectivity index (χ0v) is 21.3. The maximum absolute atomic E-state index is 10.3. The first-order chi connectivity index (χ1) is 16.1. The van der Waals surface area contributed by atoms with Crippen molar-refractivity contribution in [1.82, 2.24) is 0 Å². The number of methoxy groups -OCH3 is 1. The Labute approximate surface area is 217 Å². The van der Waals surface area contributed by atoms with Crippen LogP contribution in [0, 0.1) is 13.3 Å². The van der Waals surface area contributed by atoms with E-state index >= 15 is 0 Å². The average Bonchev–Trinajstić information content (AvgIpc) is 3.14. The molecule has 0 N–H and O–H groups in total. The van der Waals surface area contributed by atoms with Crippen LogP contribution >= 0.6 is 0 Å². The summed E-state index contributed by atoms with van der Waals surface area (Å²) in [5, 5.41) is 2.46. The van der Waals surface area contributed by atoms with E-state index in [0.29, 0.717) is 0 Å². The maximum Gasteiger partial charge on any atom is 0.308 e. The third-order valence-corrected chi connectivity index (χ3v) is 5.31. The summed E-state index contributed by atoms with van der Waals surface area (Å²) in [7, 11) is 1.39. The van der Waals surface area contributed by atoms with Crippen molar-refractivity contribution in [2.45, 2.75) is 13.8 Å². The molecule has 4 nitrogen and oxygen atoms in total. The molecule has 0 saturated heterocycles. The number of nitrogens with zero attached hydrogens (tertiary/aromatic N) is 2. The minimum Gasteiger partial charge on any atom is -0.469 e. The second-order valence-corrected chi connectivity index (χ2v) is 7.98. The minimum atomic E-state index is -0.153. The van der Waals surface area contributed by atoms with Crippen molar-refractivity contribution in [3.8, 4) is 0 Å². The quantitative estimate of drug-likeness (QED) is 0.165. The Kier molecular flexibility index (Phi) is 10.1. The molecule has 4 aromatic rings. The molecular formula is C30H29N2NiO2-. The third kappa shape index (κ3) is 6.32. The summed E-state index contributed by atoms with van der Waals surface area (Å²) >= 11 is 0. The topological polar surface area (TPSA) is 51.0 Å². The molecule has 0 aliphatic heterocycles. The van der Waals surface area contributed by atoms with Crippen LogP contribution in [0.15, 0.2) is 107 Å². The molecule has 5 heteroatoms. The van der Waals surface area contributed by atoms with Gasteiger partial charge >= 0.3 is 5.97 Å². The number of rotatable bonds is 3. The van der Waals surface area contributed by atoms with Gasteiger partial charge in [0.25, 0.3) is 0 Å². The molecule has 0 atom stereocenters. The molecule has 4 aromatic carbocycles. The summed E-state index contributed by atoms with van der Waals surface area (Å²) < 4.78 is 4.37. The van der Waals surface area contributed by atoms with Crippen LogP contribution in [-0.2, 0) is 26.0 Å². The Balaban J connectivity index is 0.000000426. The summed E-state index contributed by atoms with van der Waals surface area (Å²) in [6.07, 6.45) is 0. The van der Waals surface area contributed by atoms with E-state index in [2.05, 4.69) is 41.1 Å². The Morgan fingerprint density at radius 1 is 0.686 bits per heavy atom. The first kappa shape index (κ1) is 27.7. The SMILES string of the molecule is COC(=O)C(C)C.[CH3-].[Ni].c1ccc(N=C2C(=Nc3ccccc3)c3cccc4cccc2c34)cc1. The summed E-state index contributed by atoms with van der Waals surface area (Å²) in [6.45, 7) is 3.59. The van der Waals surface area contributed by atoms with Crippen LogP contribution in [-0.4, -0.2) is 24.5 Å². The van der Waals surface area contributed by atoms with E-state index in [1.165, 1.54) is 17.9 Å². The molecule has 0 amide bonds.